The molecule has 2 rings (SSSR count). The highest BCUT2D eigenvalue weighted by molar-refractivity contribution is 7.91. The van der Waals surface area contributed by atoms with Crippen molar-refractivity contribution in [1.82, 2.24) is 4.90 Å². The summed E-state index contributed by atoms with van der Waals surface area (Å²) in [4.78, 5) is 25.9. The second kappa shape index (κ2) is 5.79. The van der Waals surface area contributed by atoms with Crippen LogP contribution in [0.15, 0.2) is 12.7 Å². The molecule has 0 aromatic rings. The minimum absolute atomic E-state index is 0.126. The summed E-state index contributed by atoms with van der Waals surface area (Å²) in [6.45, 7) is 4.74. The standard InChI is InChI=1S/C14H21NO5S/c1-2-11-4-3-7-15(10-11)12(16)14(13(17)18)5-8-21(19,20)9-6-14/h2,11H,1,3-10H2,(H,17,18). The number of carbonyl (C=O) groups is 2. The van der Waals surface area contributed by atoms with Crippen LogP contribution < -0.4 is 0 Å². The molecule has 1 amide bonds. The summed E-state index contributed by atoms with van der Waals surface area (Å²) < 4.78 is 23.1. The lowest BCUT2D eigenvalue weighted by Gasteiger charge is -2.39. The van der Waals surface area contributed by atoms with Gasteiger partial charge in [-0.05, 0) is 31.6 Å². The lowest BCUT2D eigenvalue weighted by molar-refractivity contribution is -0.162. The molecule has 0 aromatic carbocycles. The van der Waals surface area contributed by atoms with Crippen LogP contribution in [0.4, 0.5) is 0 Å². The fourth-order valence-electron chi connectivity index (χ4n) is 3.10. The summed E-state index contributed by atoms with van der Waals surface area (Å²) in [6, 6.07) is 0. The summed E-state index contributed by atoms with van der Waals surface area (Å²) in [5, 5.41) is 9.52. The molecule has 0 saturated carbocycles. The molecule has 2 aliphatic heterocycles. The highest BCUT2D eigenvalue weighted by Gasteiger charge is 2.51. The van der Waals surface area contributed by atoms with Crippen LogP contribution in [0.25, 0.3) is 0 Å². The van der Waals surface area contributed by atoms with Crippen molar-refractivity contribution in [2.24, 2.45) is 11.3 Å². The predicted molar refractivity (Wildman–Crippen MR) is 77.5 cm³/mol. The highest BCUT2D eigenvalue weighted by Crippen LogP contribution is 2.36. The van der Waals surface area contributed by atoms with E-state index in [0.717, 1.165) is 12.8 Å². The van der Waals surface area contributed by atoms with Crippen LogP contribution in [0, 0.1) is 11.3 Å². The molecule has 1 atom stereocenters. The van der Waals surface area contributed by atoms with Gasteiger partial charge in [0.25, 0.3) is 0 Å². The lowest BCUT2D eigenvalue weighted by Crippen LogP contribution is -2.54. The first-order valence-electron chi connectivity index (χ1n) is 7.16. The fourth-order valence-corrected chi connectivity index (χ4v) is 4.62. The molecule has 21 heavy (non-hydrogen) atoms. The highest BCUT2D eigenvalue weighted by atomic mass is 32.2. The Bertz CT molecular complexity index is 540. The van der Waals surface area contributed by atoms with Gasteiger partial charge < -0.3 is 10.0 Å². The van der Waals surface area contributed by atoms with Gasteiger partial charge in [0.2, 0.25) is 5.91 Å². The van der Waals surface area contributed by atoms with Crippen molar-refractivity contribution in [3.05, 3.63) is 12.7 Å². The second-order valence-corrected chi connectivity index (χ2v) is 8.23. The number of likely N-dealkylation sites (tertiary alicyclic amines) is 1. The number of hydrogen-bond donors (Lipinski definition) is 1. The van der Waals surface area contributed by atoms with Gasteiger partial charge in [-0.15, -0.1) is 6.58 Å². The van der Waals surface area contributed by atoms with Crippen molar-refractivity contribution in [3.63, 3.8) is 0 Å². The Morgan fingerprint density at radius 1 is 1.29 bits per heavy atom. The Kier molecular flexibility index (Phi) is 4.41. The molecule has 1 unspecified atom stereocenters. The van der Waals surface area contributed by atoms with Gasteiger partial charge in [-0.25, -0.2) is 8.42 Å². The molecule has 0 aromatic heterocycles. The van der Waals surface area contributed by atoms with E-state index in [0.29, 0.717) is 13.1 Å². The maximum Gasteiger partial charge on any atom is 0.319 e. The van der Waals surface area contributed by atoms with Gasteiger partial charge in [0.1, 0.15) is 15.3 Å². The summed E-state index contributed by atoms with van der Waals surface area (Å²) in [5.74, 6) is -1.92. The zero-order chi connectivity index (χ0) is 15.7. The van der Waals surface area contributed by atoms with Crippen molar-refractivity contribution in [1.29, 1.82) is 0 Å². The van der Waals surface area contributed by atoms with E-state index in [1.807, 2.05) is 0 Å². The van der Waals surface area contributed by atoms with Gasteiger partial charge in [0.15, 0.2) is 0 Å². The quantitative estimate of drug-likeness (QED) is 0.611. The number of nitrogens with zero attached hydrogens (tertiary/aromatic N) is 1. The van der Waals surface area contributed by atoms with Crippen molar-refractivity contribution in [2.45, 2.75) is 25.7 Å². The van der Waals surface area contributed by atoms with Gasteiger partial charge >= 0.3 is 5.97 Å². The average Bonchev–Trinajstić information content (AvgIpc) is 2.46. The first kappa shape index (κ1) is 16.0. The minimum Gasteiger partial charge on any atom is -0.480 e. The number of aliphatic carboxylic acids is 1. The van der Waals surface area contributed by atoms with Crippen LogP contribution in [0.1, 0.15) is 25.7 Å². The van der Waals surface area contributed by atoms with Gasteiger partial charge in [0.05, 0.1) is 11.5 Å². The lowest BCUT2D eigenvalue weighted by atomic mass is 9.79. The molecule has 0 spiro atoms. The van der Waals surface area contributed by atoms with Crippen molar-refractivity contribution in [2.75, 3.05) is 24.6 Å². The number of carbonyl (C=O) groups excluding carboxylic acids is 1. The van der Waals surface area contributed by atoms with E-state index in [1.165, 1.54) is 0 Å². The molecule has 0 aliphatic carbocycles. The monoisotopic (exact) mass is 315 g/mol. The molecular weight excluding hydrogens is 294 g/mol. The third-order valence-electron chi connectivity index (χ3n) is 4.58. The van der Waals surface area contributed by atoms with Gasteiger partial charge in [-0.1, -0.05) is 6.08 Å². The van der Waals surface area contributed by atoms with Crippen LogP contribution in [0.2, 0.25) is 0 Å². The van der Waals surface area contributed by atoms with E-state index in [2.05, 4.69) is 6.58 Å². The Labute approximate surface area is 124 Å². The molecule has 118 valence electrons. The molecular formula is C14H21NO5S. The molecule has 2 fully saturated rings. The third-order valence-corrected chi connectivity index (χ3v) is 6.23. The Balaban J connectivity index is 2.20. The van der Waals surface area contributed by atoms with E-state index < -0.39 is 27.1 Å². The second-order valence-electron chi connectivity index (χ2n) is 5.93. The Morgan fingerprint density at radius 2 is 1.90 bits per heavy atom. The molecule has 0 radical (unpaired) electrons. The average molecular weight is 315 g/mol. The molecule has 1 N–H and O–H groups in total. The number of carboxylic acid groups (broad SMARTS) is 1. The first-order valence-corrected chi connectivity index (χ1v) is 8.99. The normalized spacial score (nSPS) is 27.8. The predicted octanol–water partition coefficient (Wildman–Crippen LogP) is 0.691. The van der Waals surface area contributed by atoms with Crippen molar-refractivity contribution >= 4 is 21.7 Å². The molecule has 0 bridgehead atoms. The van der Waals surface area contributed by atoms with Gasteiger partial charge in [0, 0.05) is 13.1 Å². The Morgan fingerprint density at radius 3 is 2.43 bits per heavy atom. The van der Waals surface area contributed by atoms with Crippen LogP contribution in [-0.4, -0.2) is 54.9 Å². The SMILES string of the molecule is C=CC1CCCN(C(=O)C2(C(=O)O)CCS(=O)(=O)CC2)C1. The third kappa shape index (κ3) is 3.12. The summed E-state index contributed by atoms with van der Waals surface area (Å²) in [5.41, 5.74) is -1.58. The maximum atomic E-state index is 12.7. The largest absolute Gasteiger partial charge is 0.480 e. The number of carboxylic acids is 1. The topological polar surface area (TPSA) is 91.8 Å². The molecule has 2 saturated heterocycles. The Hall–Kier alpha value is -1.37. The smallest absolute Gasteiger partial charge is 0.319 e. The number of hydrogen-bond acceptors (Lipinski definition) is 4. The van der Waals surface area contributed by atoms with Crippen LogP contribution in [0.5, 0.6) is 0 Å². The summed E-state index contributed by atoms with van der Waals surface area (Å²) in [7, 11) is -3.22. The molecule has 6 nitrogen and oxygen atoms in total. The number of amides is 1. The minimum atomic E-state index is -3.22. The van der Waals surface area contributed by atoms with Crippen LogP contribution >= 0.6 is 0 Å². The zero-order valence-corrected chi connectivity index (χ0v) is 12.8. The van der Waals surface area contributed by atoms with E-state index in [-0.39, 0.29) is 30.3 Å². The number of piperidine rings is 1. The number of rotatable bonds is 3. The van der Waals surface area contributed by atoms with E-state index in [4.69, 9.17) is 0 Å². The van der Waals surface area contributed by atoms with Crippen LogP contribution in [0.3, 0.4) is 0 Å². The first-order chi connectivity index (χ1) is 9.81. The fraction of sp³-hybridized carbons (Fsp3) is 0.714. The number of sulfone groups is 1. The van der Waals surface area contributed by atoms with Crippen LogP contribution in [-0.2, 0) is 19.4 Å². The van der Waals surface area contributed by atoms with E-state index in [9.17, 15) is 23.1 Å². The zero-order valence-electron chi connectivity index (χ0n) is 12.0. The van der Waals surface area contributed by atoms with Gasteiger partial charge in [-0.3, -0.25) is 9.59 Å². The summed E-state index contributed by atoms with van der Waals surface area (Å²) in [6.07, 6.45) is 3.30. The molecule has 2 aliphatic rings. The van der Waals surface area contributed by atoms with Gasteiger partial charge in [-0.2, -0.15) is 0 Å². The maximum absolute atomic E-state index is 12.7. The molecule has 7 heteroatoms. The van der Waals surface area contributed by atoms with Crippen molar-refractivity contribution in [3.8, 4) is 0 Å². The van der Waals surface area contributed by atoms with Crippen molar-refractivity contribution < 1.29 is 23.1 Å². The summed E-state index contributed by atoms with van der Waals surface area (Å²) >= 11 is 0. The van der Waals surface area contributed by atoms with E-state index >= 15 is 0 Å². The van der Waals surface area contributed by atoms with E-state index in [1.54, 1.807) is 11.0 Å². The molecule has 2 heterocycles.